The second kappa shape index (κ2) is 12.7. The van der Waals surface area contributed by atoms with Gasteiger partial charge in [-0.25, -0.2) is 15.0 Å². The Bertz CT molecular complexity index is 2460. The number of benzene rings is 8. The van der Waals surface area contributed by atoms with Gasteiger partial charge in [0.15, 0.2) is 17.5 Å². The number of hydrogen-bond acceptors (Lipinski definition) is 3. The molecule has 0 aliphatic rings. The first-order valence-electron chi connectivity index (χ1n) is 16.9. The highest BCUT2D eigenvalue weighted by atomic mass is 15.0. The minimum absolute atomic E-state index is 0.639. The van der Waals surface area contributed by atoms with Crippen LogP contribution in [0.3, 0.4) is 0 Å². The van der Waals surface area contributed by atoms with Gasteiger partial charge in [-0.05, 0) is 54.9 Å². The Morgan fingerprint density at radius 2 is 0.540 bits per heavy atom. The fourth-order valence-corrected chi connectivity index (χ4v) is 6.76. The van der Waals surface area contributed by atoms with E-state index < -0.39 is 0 Å². The molecule has 0 atom stereocenters. The summed E-state index contributed by atoms with van der Waals surface area (Å²) in [5.74, 6) is 1.92. The van der Waals surface area contributed by atoms with Gasteiger partial charge in [-0.15, -0.1) is 0 Å². The van der Waals surface area contributed by atoms with Crippen molar-refractivity contribution in [2.24, 2.45) is 0 Å². The highest BCUT2D eigenvalue weighted by Crippen LogP contribution is 2.33. The van der Waals surface area contributed by atoms with Crippen LogP contribution in [0.5, 0.6) is 0 Å². The molecule has 0 unspecified atom stereocenters. The maximum absolute atomic E-state index is 5.05. The SMILES string of the molecule is c1ccc(-c2ccc(-c3nc(-c4ccc(-c5cccc6ccccc56)cc4)nc(-c4ccc(-c5cccc6ccccc56)cc4)n3)cc2)cc1. The van der Waals surface area contributed by atoms with E-state index in [9.17, 15) is 0 Å². The molecule has 8 aromatic carbocycles. The third kappa shape index (κ3) is 5.61. The van der Waals surface area contributed by atoms with Gasteiger partial charge < -0.3 is 0 Å². The van der Waals surface area contributed by atoms with Gasteiger partial charge in [-0.3, -0.25) is 0 Å². The van der Waals surface area contributed by atoms with Gasteiger partial charge in [0.25, 0.3) is 0 Å². The van der Waals surface area contributed by atoms with Crippen LogP contribution in [0.2, 0.25) is 0 Å². The molecule has 1 heterocycles. The molecule has 9 aromatic rings. The Balaban J connectivity index is 1.12. The molecule has 0 fully saturated rings. The third-order valence-electron chi connectivity index (χ3n) is 9.37. The number of rotatable bonds is 6. The zero-order chi connectivity index (χ0) is 33.3. The van der Waals surface area contributed by atoms with Crippen molar-refractivity contribution in [2.75, 3.05) is 0 Å². The van der Waals surface area contributed by atoms with E-state index in [4.69, 9.17) is 15.0 Å². The van der Waals surface area contributed by atoms with Gasteiger partial charge in [0.1, 0.15) is 0 Å². The van der Waals surface area contributed by atoms with Gasteiger partial charge in [0.05, 0.1) is 0 Å². The lowest BCUT2D eigenvalue weighted by Crippen LogP contribution is -2.00. The highest BCUT2D eigenvalue weighted by molar-refractivity contribution is 5.98. The molecule has 1 aromatic heterocycles. The smallest absolute Gasteiger partial charge is 0.164 e. The van der Waals surface area contributed by atoms with Gasteiger partial charge in [0.2, 0.25) is 0 Å². The lowest BCUT2D eigenvalue weighted by Gasteiger charge is -2.11. The topological polar surface area (TPSA) is 38.7 Å². The Kier molecular flexibility index (Phi) is 7.49. The Hall–Kier alpha value is -6.71. The van der Waals surface area contributed by atoms with E-state index in [-0.39, 0.29) is 0 Å². The first kappa shape index (κ1) is 29.4. The van der Waals surface area contributed by atoms with Gasteiger partial charge in [0, 0.05) is 16.7 Å². The predicted molar refractivity (Wildman–Crippen MR) is 207 cm³/mol. The second-order valence-corrected chi connectivity index (χ2v) is 12.5. The minimum atomic E-state index is 0.639. The van der Waals surface area contributed by atoms with Crippen LogP contribution in [0, 0.1) is 0 Å². The summed E-state index contributed by atoms with van der Waals surface area (Å²) < 4.78 is 0. The van der Waals surface area contributed by atoms with E-state index in [0.29, 0.717) is 17.5 Å². The summed E-state index contributed by atoms with van der Waals surface area (Å²) in [6.45, 7) is 0. The molecule has 3 heteroatoms. The average Bonchev–Trinajstić information content (AvgIpc) is 3.21. The fourth-order valence-electron chi connectivity index (χ4n) is 6.76. The van der Waals surface area contributed by atoms with Crippen molar-refractivity contribution in [1.82, 2.24) is 15.0 Å². The first-order valence-corrected chi connectivity index (χ1v) is 16.9. The van der Waals surface area contributed by atoms with Gasteiger partial charge in [-0.2, -0.15) is 0 Å². The van der Waals surface area contributed by atoms with Crippen LogP contribution in [0.15, 0.2) is 188 Å². The summed E-state index contributed by atoms with van der Waals surface area (Å²) in [4.78, 5) is 15.1. The Labute approximate surface area is 291 Å². The monoisotopic (exact) mass is 637 g/mol. The second-order valence-electron chi connectivity index (χ2n) is 12.5. The van der Waals surface area contributed by atoms with Crippen molar-refractivity contribution in [2.45, 2.75) is 0 Å². The summed E-state index contributed by atoms with van der Waals surface area (Å²) in [7, 11) is 0. The van der Waals surface area contributed by atoms with E-state index in [1.54, 1.807) is 0 Å². The summed E-state index contributed by atoms with van der Waals surface area (Å²) in [5, 5.41) is 4.92. The van der Waals surface area contributed by atoms with Crippen LogP contribution < -0.4 is 0 Å². The zero-order valence-corrected chi connectivity index (χ0v) is 27.2. The normalized spacial score (nSPS) is 11.2. The van der Waals surface area contributed by atoms with Crippen LogP contribution >= 0.6 is 0 Å². The number of aromatic nitrogens is 3. The molecule has 0 saturated heterocycles. The van der Waals surface area contributed by atoms with Gasteiger partial charge in [-0.1, -0.05) is 188 Å². The van der Waals surface area contributed by atoms with Crippen molar-refractivity contribution in [3.8, 4) is 67.5 Å². The molecular formula is C47H31N3. The van der Waals surface area contributed by atoms with Crippen molar-refractivity contribution in [3.63, 3.8) is 0 Å². The molecule has 9 rings (SSSR count). The summed E-state index contributed by atoms with van der Waals surface area (Å²) in [5.41, 5.74) is 9.85. The minimum Gasteiger partial charge on any atom is -0.208 e. The van der Waals surface area contributed by atoms with Crippen molar-refractivity contribution in [1.29, 1.82) is 0 Å². The van der Waals surface area contributed by atoms with Crippen LogP contribution in [-0.2, 0) is 0 Å². The van der Waals surface area contributed by atoms with E-state index >= 15 is 0 Å². The summed E-state index contributed by atoms with van der Waals surface area (Å²) >= 11 is 0. The number of fused-ring (bicyclic) bond motifs is 2. The van der Waals surface area contributed by atoms with E-state index in [2.05, 4.69) is 182 Å². The van der Waals surface area contributed by atoms with Crippen molar-refractivity contribution >= 4 is 21.5 Å². The summed E-state index contributed by atoms with van der Waals surface area (Å²) in [6, 6.07) is 65.9. The van der Waals surface area contributed by atoms with Gasteiger partial charge >= 0.3 is 0 Å². The van der Waals surface area contributed by atoms with Crippen molar-refractivity contribution < 1.29 is 0 Å². The number of hydrogen-bond donors (Lipinski definition) is 0. The summed E-state index contributed by atoms with van der Waals surface area (Å²) in [6.07, 6.45) is 0. The Morgan fingerprint density at radius 1 is 0.220 bits per heavy atom. The van der Waals surface area contributed by atoms with E-state index in [0.717, 1.165) is 33.4 Å². The standard InChI is InChI=1S/C47H31N3/c1-2-10-32(11-3-1)33-20-26-38(27-21-33)45-48-46(39-28-22-36(23-29-39)43-18-8-14-34-12-4-6-16-41(34)43)50-47(49-45)40-30-24-37(25-31-40)44-19-9-15-35-13-5-7-17-42(35)44/h1-31H. The maximum atomic E-state index is 5.05. The molecule has 3 nitrogen and oxygen atoms in total. The quantitative estimate of drug-likeness (QED) is 0.182. The fraction of sp³-hybridized carbons (Fsp3) is 0. The number of nitrogens with zero attached hydrogens (tertiary/aromatic N) is 3. The molecule has 50 heavy (non-hydrogen) atoms. The van der Waals surface area contributed by atoms with Crippen LogP contribution in [0.4, 0.5) is 0 Å². The van der Waals surface area contributed by atoms with Crippen molar-refractivity contribution in [3.05, 3.63) is 188 Å². The molecule has 234 valence electrons. The van der Waals surface area contributed by atoms with Crippen LogP contribution in [0.25, 0.3) is 89.1 Å². The van der Waals surface area contributed by atoms with E-state index in [1.807, 2.05) is 6.07 Å². The zero-order valence-electron chi connectivity index (χ0n) is 27.2. The molecule has 0 spiro atoms. The molecular weight excluding hydrogens is 607 g/mol. The molecule has 0 aliphatic carbocycles. The molecule has 0 aliphatic heterocycles. The lowest BCUT2D eigenvalue weighted by atomic mass is 9.97. The molecule has 0 bridgehead atoms. The first-order chi connectivity index (χ1) is 24.8. The van der Waals surface area contributed by atoms with Crippen LogP contribution in [0.1, 0.15) is 0 Å². The maximum Gasteiger partial charge on any atom is 0.164 e. The predicted octanol–water partition coefficient (Wildman–Crippen LogP) is 12.2. The largest absolute Gasteiger partial charge is 0.208 e. The highest BCUT2D eigenvalue weighted by Gasteiger charge is 2.14. The van der Waals surface area contributed by atoms with Crippen LogP contribution in [-0.4, -0.2) is 15.0 Å². The molecule has 0 amide bonds. The third-order valence-corrected chi connectivity index (χ3v) is 9.37. The molecule has 0 radical (unpaired) electrons. The molecule has 0 N–H and O–H groups in total. The molecule has 0 saturated carbocycles. The average molecular weight is 638 g/mol. The Morgan fingerprint density at radius 3 is 0.980 bits per heavy atom. The van der Waals surface area contributed by atoms with E-state index in [1.165, 1.54) is 38.2 Å². The lowest BCUT2D eigenvalue weighted by molar-refractivity contribution is 1.07.